The standard InChI is InChI=1S/C13H22N4/c1-3-4-9-17(12-6-7-12)13-8-5-11(10-14-2)15-16-13/h5,8,12,14H,3-4,6-7,9-10H2,1-2H3. The Balaban J connectivity index is 2.01. The molecular weight excluding hydrogens is 212 g/mol. The molecule has 1 aromatic heterocycles. The summed E-state index contributed by atoms with van der Waals surface area (Å²) >= 11 is 0. The Morgan fingerprint density at radius 1 is 1.35 bits per heavy atom. The van der Waals surface area contributed by atoms with Crippen LogP contribution < -0.4 is 10.2 Å². The average molecular weight is 234 g/mol. The van der Waals surface area contributed by atoms with Crippen molar-refractivity contribution >= 4 is 5.82 Å². The lowest BCUT2D eigenvalue weighted by molar-refractivity contribution is 0.691. The van der Waals surface area contributed by atoms with Crippen LogP contribution in [0.15, 0.2) is 12.1 Å². The molecule has 4 nitrogen and oxygen atoms in total. The van der Waals surface area contributed by atoms with Gasteiger partial charge < -0.3 is 10.2 Å². The largest absolute Gasteiger partial charge is 0.352 e. The Bertz CT molecular complexity index is 332. The van der Waals surface area contributed by atoms with Crippen molar-refractivity contribution in [2.24, 2.45) is 0 Å². The van der Waals surface area contributed by atoms with E-state index in [0.29, 0.717) is 6.04 Å². The van der Waals surface area contributed by atoms with E-state index < -0.39 is 0 Å². The van der Waals surface area contributed by atoms with Crippen molar-refractivity contribution in [2.75, 3.05) is 18.5 Å². The van der Waals surface area contributed by atoms with E-state index in [1.165, 1.54) is 25.7 Å². The Labute approximate surface area is 103 Å². The van der Waals surface area contributed by atoms with E-state index in [0.717, 1.165) is 24.6 Å². The van der Waals surface area contributed by atoms with Crippen LogP contribution in [0.2, 0.25) is 0 Å². The zero-order chi connectivity index (χ0) is 12.1. The van der Waals surface area contributed by atoms with Crippen molar-refractivity contribution < 1.29 is 0 Å². The summed E-state index contributed by atoms with van der Waals surface area (Å²) in [5.41, 5.74) is 1.00. The summed E-state index contributed by atoms with van der Waals surface area (Å²) < 4.78 is 0. The Morgan fingerprint density at radius 2 is 2.18 bits per heavy atom. The third kappa shape index (κ3) is 3.40. The van der Waals surface area contributed by atoms with Gasteiger partial charge in [0.15, 0.2) is 5.82 Å². The minimum absolute atomic E-state index is 0.714. The first-order chi connectivity index (χ1) is 8.35. The Hall–Kier alpha value is -1.16. The first-order valence-electron chi connectivity index (χ1n) is 6.59. The molecule has 0 bridgehead atoms. The van der Waals surface area contributed by atoms with Crippen molar-refractivity contribution in [3.8, 4) is 0 Å². The fourth-order valence-corrected chi connectivity index (χ4v) is 1.98. The van der Waals surface area contributed by atoms with Gasteiger partial charge in [0.1, 0.15) is 0 Å². The molecule has 0 aromatic carbocycles. The van der Waals surface area contributed by atoms with Crippen molar-refractivity contribution in [1.82, 2.24) is 15.5 Å². The van der Waals surface area contributed by atoms with Crippen LogP contribution in [0.4, 0.5) is 5.82 Å². The van der Waals surface area contributed by atoms with E-state index in [1.807, 2.05) is 7.05 Å². The second-order valence-corrected chi connectivity index (χ2v) is 4.69. The highest BCUT2D eigenvalue weighted by atomic mass is 15.3. The second-order valence-electron chi connectivity index (χ2n) is 4.69. The topological polar surface area (TPSA) is 41.0 Å². The van der Waals surface area contributed by atoms with Gasteiger partial charge in [0.05, 0.1) is 5.69 Å². The minimum Gasteiger partial charge on any atom is -0.352 e. The van der Waals surface area contributed by atoms with E-state index in [9.17, 15) is 0 Å². The quantitative estimate of drug-likeness (QED) is 0.783. The fraction of sp³-hybridized carbons (Fsp3) is 0.692. The average Bonchev–Trinajstić information content (AvgIpc) is 3.16. The van der Waals surface area contributed by atoms with E-state index in [2.05, 4.69) is 39.5 Å². The predicted octanol–water partition coefficient (Wildman–Crippen LogP) is 1.96. The SMILES string of the molecule is CCCCN(c1ccc(CNC)nn1)C1CC1. The summed E-state index contributed by atoms with van der Waals surface area (Å²) in [7, 11) is 1.92. The number of hydrogen-bond donors (Lipinski definition) is 1. The normalized spacial score (nSPS) is 14.9. The summed E-state index contributed by atoms with van der Waals surface area (Å²) in [6, 6.07) is 4.89. The molecule has 94 valence electrons. The van der Waals surface area contributed by atoms with Gasteiger partial charge in [-0.1, -0.05) is 13.3 Å². The van der Waals surface area contributed by atoms with Crippen molar-refractivity contribution in [2.45, 2.75) is 45.2 Å². The number of aromatic nitrogens is 2. The van der Waals surface area contributed by atoms with Crippen molar-refractivity contribution in [3.05, 3.63) is 17.8 Å². The summed E-state index contributed by atoms with van der Waals surface area (Å²) in [5.74, 6) is 1.04. The van der Waals surface area contributed by atoms with Gasteiger partial charge in [-0.15, -0.1) is 5.10 Å². The van der Waals surface area contributed by atoms with Gasteiger partial charge in [0.2, 0.25) is 0 Å². The second kappa shape index (κ2) is 5.96. The molecule has 4 heteroatoms. The molecule has 1 saturated carbocycles. The van der Waals surface area contributed by atoms with Gasteiger partial charge in [-0.2, -0.15) is 5.10 Å². The molecule has 1 aliphatic rings. The van der Waals surface area contributed by atoms with E-state index in [-0.39, 0.29) is 0 Å². The highest BCUT2D eigenvalue weighted by molar-refractivity contribution is 5.40. The van der Waals surface area contributed by atoms with Crippen LogP contribution in [-0.4, -0.2) is 29.8 Å². The van der Waals surface area contributed by atoms with Crippen LogP contribution in [0.3, 0.4) is 0 Å². The maximum Gasteiger partial charge on any atom is 0.151 e. The zero-order valence-corrected chi connectivity index (χ0v) is 10.8. The summed E-state index contributed by atoms with van der Waals surface area (Å²) in [6.45, 7) is 4.12. The first kappa shape index (κ1) is 12.3. The van der Waals surface area contributed by atoms with Crippen LogP contribution in [0, 0.1) is 0 Å². The third-order valence-corrected chi connectivity index (χ3v) is 3.10. The molecule has 1 N–H and O–H groups in total. The number of nitrogens with one attached hydrogen (secondary N) is 1. The molecule has 17 heavy (non-hydrogen) atoms. The van der Waals surface area contributed by atoms with Gasteiger partial charge >= 0.3 is 0 Å². The monoisotopic (exact) mass is 234 g/mol. The highest BCUT2D eigenvalue weighted by Crippen LogP contribution is 2.30. The summed E-state index contributed by atoms with van der Waals surface area (Å²) in [5, 5.41) is 11.7. The lowest BCUT2D eigenvalue weighted by Gasteiger charge is -2.22. The van der Waals surface area contributed by atoms with Gasteiger partial charge in [0.25, 0.3) is 0 Å². The van der Waals surface area contributed by atoms with E-state index >= 15 is 0 Å². The highest BCUT2D eigenvalue weighted by Gasteiger charge is 2.29. The molecule has 0 unspecified atom stereocenters. The molecule has 1 heterocycles. The molecule has 1 aliphatic carbocycles. The van der Waals surface area contributed by atoms with Crippen LogP contribution in [0.5, 0.6) is 0 Å². The molecule has 1 fully saturated rings. The molecule has 0 spiro atoms. The van der Waals surface area contributed by atoms with Crippen LogP contribution in [0.1, 0.15) is 38.3 Å². The van der Waals surface area contributed by atoms with E-state index in [4.69, 9.17) is 0 Å². The fourth-order valence-electron chi connectivity index (χ4n) is 1.98. The van der Waals surface area contributed by atoms with E-state index in [1.54, 1.807) is 0 Å². The number of unbranched alkanes of at least 4 members (excludes halogenated alkanes) is 1. The molecule has 0 amide bonds. The molecule has 0 radical (unpaired) electrons. The summed E-state index contributed by atoms with van der Waals surface area (Å²) in [6.07, 6.45) is 5.08. The molecule has 2 rings (SSSR count). The predicted molar refractivity (Wildman–Crippen MR) is 70.1 cm³/mol. The molecule has 1 aromatic rings. The third-order valence-electron chi connectivity index (χ3n) is 3.10. The maximum absolute atomic E-state index is 4.35. The van der Waals surface area contributed by atoms with Gasteiger partial charge in [-0.3, -0.25) is 0 Å². The molecule has 0 saturated heterocycles. The van der Waals surface area contributed by atoms with Crippen molar-refractivity contribution in [3.63, 3.8) is 0 Å². The first-order valence-corrected chi connectivity index (χ1v) is 6.59. The summed E-state index contributed by atoms with van der Waals surface area (Å²) in [4.78, 5) is 2.42. The number of rotatable bonds is 7. The van der Waals surface area contributed by atoms with Gasteiger partial charge in [-0.25, -0.2) is 0 Å². The van der Waals surface area contributed by atoms with Crippen LogP contribution in [-0.2, 0) is 6.54 Å². The van der Waals surface area contributed by atoms with Crippen LogP contribution >= 0.6 is 0 Å². The Kier molecular flexibility index (Phi) is 4.31. The molecule has 0 atom stereocenters. The molecular formula is C13H22N4. The Morgan fingerprint density at radius 3 is 2.71 bits per heavy atom. The maximum atomic E-state index is 4.35. The van der Waals surface area contributed by atoms with Crippen molar-refractivity contribution in [1.29, 1.82) is 0 Å². The van der Waals surface area contributed by atoms with Gasteiger partial charge in [0, 0.05) is 19.1 Å². The number of hydrogen-bond acceptors (Lipinski definition) is 4. The van der Waals surface area contributed by atoms with Gasteiger partial charge in [-0.05, 0) is 38.4 Å². The number of nitrogens with zero attached hydrogens (tertiary/aromatic N) is 3. The van der Waals surface area contributed by atoms with Crippen LogP contribution in [0.25, 0.3) is 0 Å². The zero-order valence-electron chi connectivity index (χ0n) is 10.8. The lowest BCUT2D eigenvalue weighted by Crippen LogP contribution is -2.28. The lowest BCUT2D eigenvalue weighted by atomic mass is 10.3. The number of anilines is 1. The molecule has 0 aliphatic heterocycles. The smallest absolute Gasteiger partial charge is 0.151 e. The minimum atomic E-state index is 0.714.